The molecule has 2 aromatic carbocycles. The molecule has 0 atom stereocenters. The molecule has 0 spiro atoms. The van der Waals surface area contributed by atoms with Crippen LogP contribution >= 0.6 is 0 Å². The van der Waals surface area contributed by atoms with Crippen LogP contribution in [-0.4, -0.2) is 27.1 Å². The van der Waals surface area contributed by atoms with Crippen LogP contribution in [0.5, 0.6) is 17.2 Å². The number of ketones is 1. The second-order valence-corrected chi connectivity index (χ2v) is 4.63. The minimum Gasteiger partial charge on any atom is -0.497 e. The summed E-state index contributed by atoms with van der Waals surface area (Å²) in [4.78, 5) is 12.3. The van der Waals surface area contributed by atoms with Crippen LogP contribution in [0, 0.1) is 5.82 Å². The standard InChI is InChI=1S/C18H17FO4/c1-21-13-9-7-12(15(19)11-13)8-10-16(20)14-5-4-6-17(22-2)18(14)23-3/h4-11H,1-3H3. The normalized spacial score (nSPS) is 10.6. The fourth-order valence-corrected chi connectivity index (χ4v) is 2.11. The third kappa shape index (κ3) is 3.69. The molecular weight excluding hydrogens is 299 g/mol. The Kier molecular flexibility index (Phi) is 5.36. The van der Waals surface area contributed by atoms with Crippen LogP contribution in [0.2, 0.25) is 0 Å². The predicted octanol–water partition coefficient (Wildman–Crippen LogP) is 3.75. The van der Waals surface area contributed by atoms with Crippen LogP contribution in [0.25, 0.3) is 6.08 Å². The molecule has 0 N–H and O–H groups in total. The Bertz CT molecular complexity index is 738. The lowest BCUT2D eigenvalue weighted by Crippen LogP contribution is -2.01. The summed E-state index contributed by atoms with van der Waals surface area (Å²) in [6, 6.07) is 9.44. The quantitative estimate of drug-likeness (QED) is 0.601. The molecular formula is C18H17FO4. The summed E-state index contributed by atoms with van der Waals surface area (Å²) in [5.74, 6) is 0.449. The Balaban J connectivity index is 2.29. The number of halogens is 1. The summed E-state index contributed by atoms with van der Waals surface area (Å²) >= 11 is 0. The van der Waals surface area contributed by atoms with E-state index in [1.54, 1.807) is 30.3 Å². The van der Waals surface area contributed by atoms with Crippen molar-refractivity contribution in [2.45, 2.75) is 0 Å². The lowest BCUT2D eigenvalue weighted by molar-refractivity contribution is 0.104. The first-order valence-electron chi connectivity index (χ1n) is 6.87. The SMILES string of the molecule is COc1ccc(C=CC(=O)c2cccc(OC)c2OC)c(F)c1. The van der Waals surface area contributed by atoms with Gasteiger partial charge < -0.3 is 14.2 Å². The molecule has 4 nitrogen and oxygen atoms in total. The van der Waals surface area contributed by atoms with E-state index in [4.69, 9.17) is 14.2 Å². The molecule has 0 aliphatic heterocycles. The molecule has 5 heteroatoms. The summed E-state index contributed by atoms with van der Waals surface area (Å²) in [6.07, 6.45) is 2.71. The van der Waals surface area contributed by atoms with E-state index in [1.807, 2.05) is 0 Å². The van der Waals surface area contributed by atoms with Crippen molar-refractivity contribution in [2.24, 2.45) is 0 Å². The van der Waals surface area contributed by atoms with E-state index in [-0.39, 0.29) is 5.78 Å². The molecule has 0 amide bonds. The van der Waals surface area contributed by atoms with Crippen molar-refractivity contribution < 1.29 is 23.4 Å². The van der Waals surface area contributed by atoms with E-state index in [1.165, 1.54) is 39.5 Å². The van der Waals surface area contributed by atoms with Crippen LogP contribution in [0.15, 0.2) is 42.5 Å². The molecule has 2 rings (SSSR count). The monoisotopic (exact) mass is 316 g/mol. The summed E-state index contributed by atoms with van der Waals surface area (Å²) in [6.45, 7) is 0. The number of para-hydroxylation sites is 1. The van der Waals surface area contributed by atoms with Crippen molar-refractivity contribution in [1.82, 2.24) is 0 Å². The zero-order valence-electron chi connectivity index (χ0n) is 13.1. The van der Waals surface area contributed by atoms with Gasteiger partial charge in [0.1, 0.15) is 11.6 Å². The molecule has 0 fully saturated rings. The summed E-state index contributed by atoms with van der Waals surface area (Å²) in [5, 5.41) is 0. The minimum atomic E-state index is -0.467. The number of ether oxygens (including phenoxy) is 3. The molecule has 0 radical (unpaired) electrons. The van der Waals surface area contributed by atoms with E-state index in [0.717, 1.165) is 0 Å². The van der Waals surface area contributed by atoms with Gasteiger partial charge in [-0.2, -0.15) is 0 Å². The number of carbonyl (C=O) groups is 1. The van der Waals surface area contributed by atoms with E-state index >= 15 is 0 Å². The zero-order chi connectivity index (χ0) is 16.8. The van der Waals surface area contributed by atoms with Crippen LogP contribution in [0.1, 0.15) is 15.9 Å². The van der Waals surface area contributed by atoms with Gasteiger partial charge in [-0.15, -0.1) is 0 Å². The summed E-state index contributed by atoms with van der Waals surface area (Å²) in [7, 11) is 4.42. The molecule has 0 aliphatic rings. The molecule has 0 bridgehead atoms. The van der Waals surface area contributed by atoms with Gasteiger partial charge in [0.15, 0.2) is 17.3 Å². The largest absolute Gasteiger partial charge is 0.497 e. The van der Waals surface area contributed by atoms with Crippen molar-refractivity contribution in [1.29, 1.82) is 0 Å². The second kappa shape index (κ2) is 7.45. The lowest BCUT2D eigenvalue weighted by atomic mass is 10.1. The Morgan fingerprint density at radius 1 is 1.04 bits per heavy atom. The third-order valence-corrected chi connectivity index (χ3v) is 3.29. The number of allylic oxidation sites excluding steroid dienone is 1. The topological polar surface area (TPSA) is 44.8 Å². The highest BCUT2D eigenvalue weighted by atomic mass is 19.1. The van der Waals surface area contributed by atoms with Gasteiger partial charge >= 0.3 is 0 Å². The highest BCUT2D eigenvalue weighted by molar-refractivity contribution is 6.09. The Morgan fingerprint density at radius 3 is 2.43 bits per heavy atom. The molecule has 2 aromatic rings. The summed E-state index contributed by atoms with van der Waals surface area (Å²) in [5.41, 5.74) is 0.637. The van der Waals surface area contributed by atoms with E-state index in [0.29, 0.717) is 28.4 Å². The first-order valence-corrected chi connectivity index (χ1v) is 6.87. The highest BCUT2D eigenvalue weighted by Crippen LogP contribution is 2.31. The summed E-state index contributed by atoms with van der Waals surface area (Å²) < 4.78 is 29.2. The maximum Gasteiger partial charge on any atom is 0.189 e. The van der Waals surface area contributed by atoms with Gasteiger partial charge in [0.2, 0.25) is 0 Å². The van der Waals surface area contributed by atoms with Gasteiger partial charge in [-0.05, 0) is 36.4 Å². The maximum absolute atomic E-state index is 13.9. The van der Waals surface area contributed by atoms with Crippen LogP contribution in [0.4, 0.5) is 4.39 Å². The van der Waals surface area contributed by atoms with E-state index in [2.05, 4.69) is 0 Å². The van der Waals surface area contributed by atoms with Crippen molar-refractivity contribution in [3.05, 3.63) is 59.4 Å². The molecule has 0 saturated heterocycles. The van der Waals surface area contributed by atoms with Crippen molar-refractivity contribution in [3.63, 3.8) is 0 Å². The fraction of sp³-hybridized carbons (Fsp3) is 0.167. The van der Waals surface area contributed by atoms with Crippen molar-refractivity contribution >= 4 is 11.9 Å². The van der Waals surface area contributed by atoms with Crippen LogP contribution < -0.4 is 14.2 Å². The van der Waals surface area contributed by atoms with Crippen molar-refractivity contribution in [2.75, 3.05) is 21.3 Å². The zero-order valence-corrected chi connectivity index (χ0v) is 13.1. The minimum absolute atomic E-state index is 0.293. The average molecular weight is 316 g/mol. The number of methoxy groups -OCH3 is 3. The number of rotatable bonds is 6. The van der Waals surface area contributed by atoms with Gasteiger partial charge in [-0.3, -0.25) is 4.79 Å². The number of benzene rings is 2. The second-order valence-electron chi connectivity index (χ2n) is 4.63. The Morgan fingerprint density at radius 2 is 1.83 bits per heavy atom. The van der Waals surface area contributed by atoms with E-state index < -0.39 is 5.82 Å². The van der Waals surface area contributed by atoms with Gasteiger partial charge in [-0.1, -0.05) is 6.07 Å². The molecule has 0 saturated carbocycles. The molecule has 120 valence electrons. The van der Waals surface area contributed by atoms with E-state index in [9.17, 15) is 9.18 Å². The lowest BCUT2D eigenvalue weighted by Gasteiger charge is -2.10. The smallest absolute Gasteiger partial charge is 0.189 e. The first kappa shape index (κ1) is 16.5. The Labute approximate surface area is 134 Å². The van der Waals surface area contributed by atoms with Gasteiger partial charge in [-0.25, -0.2) is 4.39 Å². The van der Waals surface area contributed by atoms with Crippen LogP contribution in [0.3, 0.4) is 0 Å². The van der Waals surface area contributed by atoms with Crippen LogP contribution in [-0.2, 0) is 0 Å². The molecule has 0 aromatic heterocycles. The van der Waals surface area contributed by atoms with Crippen molar-refractivity contribution in [3.8, 4) is 17.2 Å². The third-order valence-electron chi connectivity index (χ3n) is 3.29. The van der Waals surface area contributed by atoms with Gasteiger partial charge in [0.25, 0.3) is 0 Å². The number of hydrogen-bond donors (Lipinski definition) is 0. The average Bonchev–Trinajstić information content (AvgIpc) is 2.59. The van der Waals surface area contributed by atoms with Gasteiger partial charge in [0, 0.05) is 11.6 Å². The molecule has 0 aliphatic carbocycles. The highest BCUT2D eigenvalue weighted by Gasteiger charge is 2.14. The molecule has 23 heavy (non-hydrogen) atoms. The van der Waals surface area contributed by atoms with Gasteiger partial charge in [0.05, 0.1) is 26.9 Å². The number of hydrogen-bond acceptors (Lipinski definition) is 4. The Hall–Kier alpha value is -2.82. The first-order chi connectivity index (χ1) is 11.1. The molecule has 0 unspecified atom stereocenters. The predicted molar refractivity (Wildman–Crippen MR) is 85.9 cm³/mol. The fourth-order valence-electron chi connectivity index (χ4n) is 2.11. The maximum atomic E-state index is 13.9. The number of carbonyl (C=O) groups excluding carboxylic acids is 1. The molecule has 0 heterocycles.